The Morgan fingerprint density at radius 1 is 1.00 bits per heavy atom. The van der Waals surface area contributed by atoms with Crippen molar-refractivity contribution in [1.82, 2.24) is 24.3 Å². The van der Waals surface area contributed by atoms with Crippen LogP contribution in [-0.2, 0) is 13.1 Å². The van der Waals surface area contributed by atoms with Crippen LogP contribution in [-0.4, -0.2) is 57.9 Å². The minimum atomic E-state index is -0.0417. The first-order valence-electron chi connectivity index (χ1n) is 11.6. The highest BCUT2D eigenvalue weighted by molar-refractivity contribution is 5.76. The third-order valence-electron chi connectivity index (χ3n) is 6.93. The number of pyridine rings is 3. The van der Waals surface area contributed by atoms with Gasteiger partial charge in [0.2, 0.25) is 0 Å². The van der Waals surface area contributed by atoms with Crippen molar-refractivity contribution < 1.29 is 9.47 Å². The number of aromatic nitrogens is 3. The number of piperidine rings is 1. The van der Waals surface area contributed by atoms with Gasteiger partial charge in [-0.2, -0.15) is 0 Å². The number of hydrogen-bond acceptors (Lipinski definition) is 7. The molecule has 1 saturated heterocycles. The van der Waals surface area contributed by atoms with E-state index in [9.17, 15) is 9.59 Å². The van der Waals surface area contributed by atoms with Crippen molar-refractivity contribution in [2.75, 3.05) is 32.8 Å². The fourth-order valence-corrected chi connectivity index (χ4v) is 5.24. The highest BCUT2D eigenvalue weighted by atomic mass is 16.6. The summed E-state index contributed by atoms with van der Waals surface area (Å²) in [5.41, 5.74) is 1.62. The summed E-state index contributed by atoms with van der Waals surface area (Å²) in [6.07, 6.45) is 3.80. The molecule has 3 aromatic rings. The van der Waals surface area contributed by atoms with Crippen molar-refractivity contribution in [2.24, 2.45) is 0 Å². The van der Waals surface area contributed by atoms with Crippen molar-refractivity contribution in [3.8, 4) is 11.5 Å². The molecule has 9 heteroatoms. The zero-order valence-corrected chi connectivity index (χ0v) is 18.4. The normalized spacial score (nSPS) is 20.4. The molecule has 0 radical (unpaired) electrons. The first-order valence-corrected chi connectivity index (χ1v) is 11.6. The molecule has 6 rings (SSSR count). The van der Waals surface area contributed by atoms with Gasteiger partial charge in [-0.15, -0.1) is 0 Å². The van der Waals surface area contributed by atoms with E-state index in [1.54, 1.807) is 35.0 Å². The van der Waals surface area contributed by atoms with Crippen molar-refractivity contribution >= 4 is 11.0 Å². The first-order chi connectivity index (χ1) is 16.2. The third kappa shape index (κ3) is 3.81. The fourth-order valence-electron chi connectivity index (χ4n) is 5.24. The Bertz CT molecular complexity index is 1300. The summed E-state index contributed by atoms with van der Waals surface area (Å²) in [5.74, 6) is 1.48. The topological polar surface area (TPSA) is 90.6 Å². The summed E-state index contributed by atoms with van der Waals surface area (Å²) >= 11 is 0. The summed E-state index contributed by atoms with van der Waals surface area (Å²) in [4.78, 5) is 31.9. The lowest BCUT2D eigenvalue weighted by Gasteiger charge is -2.34. The van der Waals surface area contributed by atoms with Gasteiger partial charge in [0.15, 0.2) is 11.5 Å². The van der Waals surface area contributed by atoms with Crippen LogP contribution in [0.15, 0.2) is 46.1 Å². The van der Waals surface area contributed by atoms with E-state index in [0.717, 1.165) is 55.0 Å². The molecule has 0 bridgehead atoms. The lowest BCUT2D eigenvalue weighted by molar-refractivity contribution is 0.168. The molecule has 3 aromatic heterocycles. The highest BCUT2D eigenvalue weighted by Crippen LogP contribution is 2.29. The Balaban J connectivity index is 1.06. The van der Waals surface area contributed by atoms with Gasteiger partial charge in [-0.25, -0.2) is 0 Å². The largest absolute Gasteiger partial charge is 0.486 e. The number of fused-ring (bicyclic) bond motifs is 1. The summed E-state index contributed by atoms with van der Waals surface area (Å²) in [6, 6.07) is 9.17. The summed E-state index contributed by atoms with van der Waals surface area (Å²) in [6.45, 7) is 5.08. The van der Waals surface area contributed by atoms with E-state index in [2.05, 4.69) is 15.2 Å². The quantitative estimate of drug-likeness (QED) is 0.625. The second-order valence-corrected chi connectivity index (χ2v) is 9.03. The van der Waals surface area contributed by atoms with Gasteiger partial charge in [-0.1, -0.05) is 0 Å². The van der Waals surface area contributed by atoms with Gasteiger partial charge < -0.3 is 19.7 Å². The molecule has 1 unspecified atom stereocenters. The molecular weight excluding hydrogens is 422 g/mol. The van der Waals surface area contributed by atoms with Crippen molar-refractivity contribution in [1.29, 1.82) is 0 Å². The summed E-state index contributed by atoms with van der Waals surface area (Å²) < 4.78 is 14.7. The van der Waals surface area contributed by atoms with E-state index >= 15 is 0 Å². The fraction of sp³-hybridized carbons (Fsp3) is 0.458. The molecule has 6 heterocycles. The van der Waals surface area contributed by atoms with Crippen molar-refractivity contribution in [3.05, 3.63) is 62.9 Å². The Kier molecular flexibility index (Phi) is 5.15. The van der Waals surface area contributed by atoms with Crippen molar-refractivity contribution in [3.63, 3.8) is 0 Å². The molecule has 1 fully saturated rings. The zero-order chi connectivity index (χ0) is 22.4. The summed E-state index contributed by atoms with van der Waals surface area (Å²) in [7, 11) is 0. The third-order valence-corrected chi connectivity index (χ3v) is 6.93. The van der Waals surface area contributed by atoms with E-state index in [1.165, 1.54) is 0 Å². The van der Waals surface area contributed by atoms with Crippen LogP contribution in [0.1, 0.15) is 24.6 Å². The van der Waals surface area contributed by atoms with Gasteiger partial charge in [0, 0.05) is 49.3 Å². The monoisotopic (exact) mass is 449 g/mol. The van der Waals surface area contributed by atoms with Gasteiger partial charge in [0.1, 0.15) is 18.9 Å². The second-order valence-electron chi connectivity index (χ2n) is 9.03. The predicted molar refractivity (Wildman–Crippen MR) is 123 cm³/mol. The van der Waals surface area contributed by atoms with E-state index < -0.39 is 0 Å². The Morgan fingerprint density at radius 3 is 2.58 bits per heavy atom. The maximum atomic E-state index is 12.6. The molecule has 172 valence electrons. The molecule has 0 aliphatic carbocycles. The minimum Gasteiger partial charge on any atom is -0.486 e. The number of likely N-dealkylation sites (tertiary alicyclic amines) is 1. The lowest BCUT2D eigenvalue weighted by Crippen LogP contribution is -2.44. The van der Waals surface area contributed by atoms with Crippen LogP contribution in [0.2, 0.25) is 0 Å². The maximum Gasteiger partial charge on any atom is 0.252 e. The molecule has 1 atom stereocenters. The van der Waals surface area contributed by atoms with E-state index in [0.29, 0.717) is 38.1 Å². The Labute approximate surface area is 190 Å². The number of nitrogens with one attached hydrogen (secondary N) is 1. The van der Waals surface area contributed by atoms with Crippen LogP contribution in [0.4, 0.5) is 0 Å². The average molecular weight is 450 g/mol. The number of nitrogens with zero attached hydrogens (tertiary/aromatic N) is 4. The van der Waals surface area contributed by atoms with Crippen LogP contribution in [0.5, 0.6) is 11.5 Å². The first kappa shape index (κ1) is 20.4. The molecule has 3 aliphatic heterocycles. The van der Waals surface area contributed by atoms with Crippen LogP contribution >= 0.6 is 0 Å². The van der Waals surface area contributed by atoms with Gasteiger partial charge in [0.25, 0.3) is 11.1 Å². The molecule has 1 N–H and O–H groups in total. The average Bonchev–Trinajstić information content (AvgIpc) is 3.23. The van der Waals surface area contributed by atoms with Crippen LogP contribution < -0.4 is 25.9 Å². The van der Waals surface area contributed by atoms with Crippen LogP contribution in [0.25, 0.3) is 11.0 Å². The van der Waals surface area contributed by atoms with Crippen LogP contribution in [0, 0.1) is 0 Å². The lowest BCUT2D eigenvalue weighted by atomic mass is 10.0. The summed E-state index contributed by atoms with van der Waals surface area (Å²) in [5, 5.41) is 4.56. The van der Waals surface area contributed by atoms with Gasteiger partial charge in [-0.05, 0) is 38.1 Å². The second kappa shape index (κ2) is 8.31. The molecule has 0 amide bonds. The molecule has 33 heavy (non-hydrogen) atoms. The minimum absolute atomic E-state index is 0.0114. The zero-order valence-electron chi connectivity index (χ0n) is 18.4. The maximum absolute atomic E-state index is 12.6. The standard InChI is InChI=1S/C24H27N5O4/c30-22-3-1-16-2-4-23(31)29-19(15-28(22)24(16)29)14-27-7-5-17(6-8-27)25-12-18-11-20-21(13-26-18)33-10-9-32-20/h1-4,11,13,17,19,25H,5-10,12,14-15H2. The smallest absolute Gasteiger partial charge is 0.252 e. The number of hydrogen-bond donors (Lipinski definition) is 1. The number of ether oxygens (including phenoxy) is 2. The molecule has 9 nitrogen and oxygen atoms in total. The SMILES string of the molecule is O=c1ccc2ccc(=O)n3c2n1CC3CN1CCC(NCc2cc3c(cn2)OCCO3)CC1. The molecule has 0 aromatic carbocycles. The molecule has 0 spiro atoms. The van der Waals surface area contributed by atoms with Crippen LogP contribution in [0.3, 0.4) is 0 Å². The van der Waals surface area contributed by atoms with Crippen molar-refractivity contribution in [2.45, 2.75) is 38.0 Å². The van der Waals surface area contributed by atoms with E-state index in [1.807, 2.05) is 10.6 Å². The van der Waals surface area contributed by atoms with Gasteiger partial charge in [-0.3, -0.25) is 23.7 Å². The molecule has 0 saturated carbocycles. The van der Waals surface area contributed by atoms with E-state index in [-0.39, 0.29) is 17.2 Å². The van der Waals surface area contributed by atoms with Gasteiger partial charge in [0.05, 0.1) is 17.9 Å². The van der Waals surface area contributed by atoms with E-state index in [4.69, 9.17) is 9.47 Å². The number of rotatable bonds is 5. The predicted octanol–water partition coefficient (Wildman–Crippen LogP) is 1.14. The highest BCUT2D eigenvalue weighted by Gasteiger charge is 2.29. The Hall–Kier alpha value is -3.17. The Morgan fingerprint density at radius 2 is 1.76 bits per heavy atom. The molecular formula is C24H27N5O4. The van der Waals surface area contributed by atoms with Gasteiger partial charge >= 0.3 is 0 Å². The molecule has 3 aliphatic rings.